The summed E-state index contributed by atoms with van der Waals surface area (Å²) in [5, 5.41) is 3.60. The van der Waals surface area contributed by atoms with Crippen molar-refractivity contribution in [1.82, 2.24) is 9.88 Å². The van der Waals surface area contributed by atoms with Crippen LogP contribution in [0.1, 0.15) is 26.0 Å². The van der Waals surface area contributed by atoms with Gasteiger partial charge in [-0.25, -0.2) is 0 Å². The minimum atomic E-state index is 0.523. The number of methoxy groups -OCH3 is 1. The number of aryl methyl sites for hydroxylation is 1. The van der Waals surface area contributed by atoms with Crippen molar-refractivity contribution in [2.24, 2.45) is 13.0 Å². The van der Waals surface area contributed by atoms with Gasteiger partial charge in [0.25, 0.3) is 0 Å². The Hall–Kier alpha value is -0.800. The van der Waals surface area contributed by atoms with Crippen LogP contribution in [-0.2, 0) is 18.3 Å². The second-order valence-electron chi connectivity index (χ2n) is 4.62. The first-order valence-corrected chi connectivity index (χ1v) is 5.97. The summed E-state index contributed by atoms with van der Waals surface area (Å²) in [6.07, 6.45) is 3.15. The molecule has 0 saturated heterocycles. The molecule has 1 N–H and O–H groups in total. The molecule has 1 rings (SSSR count). The molecule has 1 aromatic rings. The van der Waals surface area contributed by atoms with Gasteiger partial charge in [0, 0.05) is 45.2 Å². The van der Waals surface area contributed by atoms with Crippen LogP contribution < -0.4 is 5.32 Å². The van der Waals surface area contributed by atoms with Gasteiger partial charge in [0.15, 0.2) is 0 Å². The maximum atomic E-state index is 5.14. The summed E-state index contributed by atoms with van der Waals surface area (Å²) in [7, 11) is 3.84. The fraction of sp³-hybridized carbons (Fsp3) is 0.692. The summed E-state index contributed by atoms with van der Waals surface area (Å²) < 4.78 is 7.29. The van der Waals surface area contributed by atoms with E-state index in [1.807, 2.05) is 0 Å². The highest BCUT2D eigenvalue weighted by Crippen LogP contribution is 2.08. The third-order valence-electron chi connectivity index (χ3n) is 3.03. The normalized spacial score (nSPS) is 13.3. The molecule has 1 atom stereocenters. The van der Waals surface area contributed by atoms with Gasteiger partial charge in [-0.1, -0.05) is 13.8 Å². The minimum Gasteiger partial charge on any atom is -0.385 e. The predicted molar refractivity (Wildman–Crippen MR) is 67.4 cm³/mol. The topological polar surface area (TPSA) is 26.2 Å². The van der Waals surface area contributed by atoms with Gasteiger partial charge in [0.05, 0.1) is 0 Å². The standard InChI is InChI=1S/C13H24N2O/c1-11(2)13(7-9-16-4)14-10-12-6-5-8-15(12)3/h5-6,8,11,13-14H,7,9-10H2,1-4H3/t13-/m0/s1. The summed E-state index contributed by atoms with van der Waals surface area (Å²) >= 11 is 0. The van der Waals surface area contributed by atoms with E-state index in [4.69, 9.17) is 4.74 Å². The molecule has 16 heavy (non-hydrogen) atoms. The van der Waals surface area contributed by atoms with Crippen molar-refractivity contribution in [1.29, 1.82) is 0 Å². The summed E-state index contributed by atoms with van der Waals surface area (Å²) in [6.45, 7) is 6.25. The molecule has 0 bridgehead atoms. The smallest absolute Gasteiger partial charge is 0.0477 e. The van der Waals surface area contributed by atoms with Crippen LogP contribution in [0.2, 0.25) is 0 Å². The molecule has 3 heteroatoms. The maximum absolute atomic E-state index is 5.14. The maximum Gasteiger partial charge on any atom is 0.0477 e. The third kappa shape index (κ3) is 3.99. The van der Waals surface area contributed by atoms with E-state index in [1.54, 1.807) is 7.11 Å². The molecule has 1 aromatic heterocycles. The van der Waals surface area contributed by atoms with Crippen LogP contribution in [0.25, 0.3) is 0 Å². The lowest BCUT2D eigenvalue weighted by Gasteiger charge is -2.22. The van der Waals surface area contributed by atoms with E-state index in [2.05, 4.69) is 49.1 Å². The Morgan fingerprint density at radius 2 is 2.19 bits per heavy atom. The van der Waals surface area contributed by atoms with Gasteiger partial charge in [-0.3, -0.25) is 0 Å². The quantitative estimate of drug-likeness (QED) is 0.768. The average molecular weight is 224 g/mol. The molecule has 0 aliphatic carbocycles. The van der Waals surface area contributed by atoms with E-state index >= 15 is 0 Å². The van der Waals surface area contributed by atoms with E-state index in [0.29, 0.717) is 12.0 Å². The van der Waals surface area contributed by atoms with Gasteiger partial charge in [0.2, 0.25) is 0 Å². The lowest BCUT2D eigenvalue weighted by molar-refractivity contribution is 0.173. The Kier molecular flexibility index (Phi) is 5.56. The van der Waals surface area contributed by atoms with Crippen molar-refractivity contribution in [2.75, 3.05) is 13.7 Å². The van der Waals surface area contributed by atoms with Crippen molar-refractivity contribution in [3.05, 3.63) is 24.0 Å². The fourth-order valence-electron chi connectivity index (χ4n) is 1.83. The van der Waals surface area contributed by atoms with Crippen LogP contribution in [0, 0.1) is 5.92 Å². The van der Waals surface area contributed by atoms with Gasteiger partial charge in [-0.2, -0.15) is 0 Å². The van der Waals surface area contributed by atoms with E-state index < -0.39 is 0 Å². The molecule has 0 saturated carbocycles. The van der Waals surface area contributed by atoms with E-state index in [-0.39, 0.29) is 0 Å². The molecule has 1 heterocycles. The van der Waals surface area contributed by atoms with E-state index in [1.165, 1.54) is 5.69 Å². The van der Waals surface area contributed by atoms with E-state index in [0.717, 1.165) is 19.6 Å². The highest BCUT2D eigenvalue weighted by atomic mass is 16.5. The Bertz CT molecular complexity index is 294. The predicted octanol–water partition coefficient (Wildman–Crippen LogP) is 2.18. The summed E-state index contributed by atoms with van der Waals surface area (Å²) in [4.78, 5) is 0. The monoisotopic (exact) mass is 224 g/mol. The Labute approximate surface area is 98.8 Å². The number of nitrogens with zero attached hydrogens (tertiary/aromatic N) is 1. The summed E-state index contributed by atoms with van der Waals surface area (Å²) in [6, 6.07) is 4.76. The van der Waals surface area contributed by atoms with Crippen LogP contribution in [-0.4, -0.2) is 24.3 Å². The molecule has 92 valence electrons. The van der Waals surface area contributed by atoms with Crippen LogP contribution in [0.5, 0.6) is 0 Å². The second kappa shape index (κ2) is 6.71. The molecular formula is C13H24N2O. The van der Waals surface area contributed by atoms with Gasteiger partial charge < -0.3 is 14.6 Å². The number of hydrogen-bond donors (Lipinski definition) is 1. The first-order chi connectivity index (χ1) is 7.65. The number of nitrogens with one attached hydrogen (secondary N) is 1. The minimum absolute atomic E-state index is 0.523. The highest BCUT2D eigenvalue weighted by Gasteiger charge is 2.12. The molecule has 0 aliphatic heterocycles. The molecule has 0 spiro atoms. The van der Waals surface area contributed by atoms with Gasteiger partial charge in [0.1, 0.15) is 0 Å². The van der Waals surface area contributed by atoms with Crippen LogP contribution in [0.15, 0.2) is 18.3 Å². The van der Waals surface area contributed by atoms with Crippen molar-refractivity contribution in [3.8, 4) is 0 Å². The first kappa shape index (κ1) is 13.3. The van der Waals surface area contributed by atoms with Crippen LogP contribution in [0.4, 0.5) is 0 Å². The van der Waals surface area contributed by atoms with Gasteiger partial charge in [-0.05, 0) is 24.5 Å². The zero-order chi connectivity index (χ0) is 12.0. The molecule has 0 fully saturated rings. The van der Waals surface area contributed by atoms with Crippen molar-refractivity contribution in [2.45, 2.75) is 32.9 Å². The molecule has 3 nitrogen and oxygen atoms in total. The third-order valence-corrected chi connectivity index (χ3v) is 3.03. The summed E-state index contributed by atoms with van der Waals surface area (Å²) in [5.41, 5.74) is 1.32. The second-order valence-corrected chi connectivity index (χ2v) is 4.62. The Morgan fingerprint density at radius 1 is 1.44 bits per heavy atom. The number of ether oxygens (including phenoxy) is 1. The van der Waals surface area contributed by atoms with Gasteiger partial charge in [-0.15, -0.1) is 0 Å². The molecule has 0 radical (unpaired) electrons. The largest absolute Gasteiger partial charge is 0.385 e. The molecule has 0 aromatic carbocycles. The number of rotatable bonds is 7. The lowest BCUT2D eigenvalue weighted by atomic mass is 10.0. The molecule has 0 aliphatic rings. The Balaban J connectivity index is 2.40. The fourth-order valence-corrected chi connectivity index (χ4v) is 1.83. The zero-order valence-corrected chi connectivity index (χ0v) is 10.9. The lowest BCUT2D eigenvalue weighted by Crippen LogP contribution is -2.34. The molecular weight excluding hydrogens is 200 g/mol. The molecule has 0 amide bonds. The molecule has 0 unspecified atom stereocenters. The highest BCUT2D eigenvalue weighted by molar-refractivity contribution is 5.06. The first-order valence-electron chi connectivity index (χ1n) is 5.97. The van der Waals surface area contributed by atoms with Crippen molar-refractivity contribution < 1.29 is 4.74 Å². The number of hydrogen-bond acceptors (Lipinski definition) is 2. The summed E-state index contributed by atoms with van der Waals surface area (Å²) in [5.74, 6) is 0.635. The average Bonchev–Trinajstić information content (AvgIpc) is 2.64. The van der Waals surface area contributed by atoms with Crippen LogP contribution >= 0.6 is 0 Å². The van der Waals surface area contributed by atoms with Crippen molar-refractivity contribution in [3.63, 3.8) is 0 Å². The Morgan fingerprint density at radius 3 is 2.69 bits per heavy atom. The van der Waals surface area contributed by atoms with E-state index in [9.17, 15) is 0 Å². The van der Waals surface area contributed by atoms with Crippen LogP contribution in [0.3, 0.4) is 0 Å². The zero-order valence-electron chi connectivity index (χ0n) is 10.9. The SMILES string of the molecule is COCC[C@H](NCc1cccn1C)C(C)C. The number of aromatic nitrogens is 1. The van der Waals surface area contributed by atoms with Gasteiger partial charge >= 0.3 is 0 Å². The van der Waals surface area contributed by atoms with Crippen molar-refractivity contribution >= 4 is 0 Å².